The molecule has 0 saturated heterocycles. The molecule has 0 bridgehead atoms. The van der Waals surface area contributed by atoms with Crippen molar-refractivity contribution >= 4 is 23.7 Å². The van der Waals surface area contributed by atoms with E-state index in [1.165, 1.54) is 6.92 Å². The molecule has 0 radical (unpaired) electrons. The Morgan fingerprint density at radius 2 is 1.70 bits per heavy atom. The second kappa shape index (κ2) is 13.3. The van der Waals surface area contributed by atoms with Gasteiger partial charge in [-0.25, -0.2) is 4.79 Å². The van der Waals surface area contributed by atoms with Crippen molar-refractivity contribution in [1.29, 1.82) is 0 Å². The highest BCUT2D eigenvalue weighted by molar-refractivity contribution is 5.92. The number of carboxylic acids is 1. The molecular weight excluding hydrogens is 390 g/mol. The Bertz CT molecular complexity index is 713. The zero-order valence-electron chi connectivity index (χ0n) is 17.1. The van der Waals surface area contributed by atoms with Crippen molar-refractivity contribution in [1.82, 2.24) is 16.0 Å². The molecule has 3 atom stereocenters. The first-order valence-electron chi connectivity index (χ1n) is 9.84. The van der Waals surface area contributed by atoms with Gasteiger partial charge in [0.15, 0.2) is 0 Å². The summed E-state index contributed by atoms with van der Waals surface area (Å²) in [6.07, 6.45) is 1.78. The van der Waals surface area contributed by atoms with Gasteiger partial charge in [0.05, 0.1) is 12.6 Å². The monoisotopic (exact) mass is 421 g/mol. The Kier molecular flexibility index (Phi) is 11.1. The first kappa shape index (κ1) is 25.1. The summed E-state index contributed by atoms with van der Waals surface area (Å²) in [5.74, 6) is -2.86. The number of hydrogen-bond acceptors (Lipinski definition) is 6. The Hall–Kier alpha value is -2.98. The fourth-order valence-corrected chi connectivity index (χ4v) is 2.66. The highest BCUT2D eigenvalue weighted by Crippen LogP contribution is 2.02. The number of unbranched alkanes of at least 4 members (excludes halogenated alkanes) is 1. The van der Waals surface area contributed by atoms with Crippen LogP contribution in [-0.4, -0.2) is 60.0 Å². The van der Waals surface area contributed by atoms with E-state index in [0.717, 1.165) is 5.56 Å². The van der Waals surface area contributed by atoms with Gasteiger partial charge in [0.1, 0.15) is 12.1 Å². The van der Waals surface area contributed by atoms with Crippen LogP contribution in [0.5, 0.6) is 0 Å². The Labute approximate surface area is 175 Å². The largest absolute Gasteiger partial charge is 0.480 e. The topological polar surface area (TPSA) is 177 Å². The molecule has 1 aromatic carbocycles. The van der Waals surface area contributed by atoms with E-state index in [2.05, 4.69) is 16.0 Å². The van der Waals surface area contributed by atoms with E-state index in [-0.39, 0.29) is 13.0 Å². The van der Waals surface area contributed by atoms with Crippen molar-refractivity contribution in [3.05, 3.63) is 35.9 Å². The number of amides is 3. The van der Waals surface area contributed by atoms with Gasteiger partial charge in [-0.05, 0) is 44.7 Å². The maximum absolute atomic E-state index is 12.2. The van der Waals surface area contributed by atoms with E-state index in [0.29, 0.717) is 25.8 Å². The standard InChI is InChI=1S/C20H31N5O5/c1-13(18(27)25-16(20(29)30)9-5-6-10-21)24-17(26)12-23-19(28)15(22)11-14-7-3-2-4-8-14/h2-4,7-8,13,15-16H,5-6,9-12,21-22H2,1H3,(H,23,28)(H,24,26)(H,25,27)(H,29,30). The third-order valence-corrected chi connectivity index (χ3v) is 4.39. The first-order chi connectivity index (χ1) is 14.2. The lowest BCUT2D eigenvalue weighted by Crippen LogP contribution is -2.52. The van der Waals surface area contributed by atoms with Gasteiger partial charge in [-0.15, -0.1) is 0 Å². The third-order valence-electron chi connectivity index (χ3n) is 4.39. The van der Waals surface area contributed by atoms with Crippen LogP contribution < -0.4 is 27.4 Å². The van der Waals surface area contributed by atoms with Crippen LogP contribution >= 0.6 is 0 Å². The molecule has 0 aliphatic heterocycles. The smallest absolute Gasteiger partial charge is 0.326 e. The highest BCUT2D eigenvalue weighted by atomic mass is 16.4. The van der Waals surface area contributed by atoms with E-state index >= 15 is 0 Å². The summed E-state index contributed by atoms with van der Waals surface area (Å²) in [6.45, 7) is 1.51. The number of rotatable bonds is 13. The van der Waals surface area contributed by atoms with Crippen LogP contribution in [0.25, 0.3) is 0 Å². The lowest BCUT2D eigenvalue weighted by molar-refractivity contribution is -0.142. The van der Waals surface area contributed by atoms with E-state index in [4.69, 9.17) is 11.5 Å². The molecule has 1 aromatic rings. The third kappa shape index (κ3) is 9.48. The fourth-order valence-electron chi connectivity index (χ4n) is 2.66. The zero-order valence-corrected chi connectivity index (χ0v) is 17.1. The van der Waals surface area contributed by atoms with Crippen LogP contribution in [0.15, 0.2) is 30.3 Å². The molecule has 0 heterocycles. The van der Waals surface area contributed by atoms with Crippen LogP contribution in [0.1, 0.15) is 31.7 Å². The second-order valence-corrected chi connectivity index (χ2v) is 6.99. The number of aliphatic carboxylic acids is 1. The predicted octanol–water partition coefficient (Wildman–Crippen LogP) is -1.12. The SMILES string of the molecule is CC(NC(=O)CNC(=O)C(N)Cc1ccccc1)C(=O)NC(CCCCN)C(=O)O. The number of carbonyl (C=O) groups is 4. The van der Waals surface area contributed by atoms with Crippen LogP contribution in [0, 0.1) is 0 Å². The Balaban J connectivity index is 2.40. The molecule has 0 aromatic heterocycles. The number of nitrogens with one attached hydrogen (secondary N) is 3. The van der Waals surface area contributed by atoms with Gasteiger partial charge in [-0.1, -0.05) is 30.3 Å². The lowest BCUT2D eigenvalue weighted by atomic mass is 10.1. The number of hydrogen-bond donors (Lipinski definition) is 6. The molecule has 166 valence electrons. The molecule has 0 aliphatic rings. The van der Waals surface area contributed by atoms with Crippen molar-refractivity contribution in [3.63, 3.8) is 0 Å². The maximum atomic E-state index is 12.2. The fraction of sp³-hybridized carbons (Fsp3) is 0.500. The average Bonchev–Trinajstić information content (AvgIpc) is 2.71. The van der Waals surface area contributed by atoms with Gasteiger partial charge in [0.2, 0.25) is 17.7 Å². The van der Waals surface area contributed by atoms with Gasteiger partial charge in [0, 0.05) is 0 Å². The van der Waals surface area contributed by atoms with Gasteiger partial charge in [0.25, 0.3) is 0 Å². The summed E-state index contributed by atoms with van der Waals surface area (Å²) in [7, 11) is 0. The predicted molar refractivity (Wildman–Crippen MR) is 111 cm³/mol. The number of benzene rings is 1. The minimum Gasteiger partial charge on any atom is -0.480 e. The van der Waals surface area contributed by atoms with Crippen molar-refractivity contribution in [2.75, 3.05) is 13.1 Å². The molecule has 10 nitrogen and oxygen atoms in total. The Morgan fingerprint density at radius 1 is 1.03 bits per heavy atom. The van der Waals surface area contributed by atoms with Crippen molar-refractivity contribution in [2.45, 2.75) is 50.7 Å². The molecule has 30 heavy (non-hydrogen) atoms. The van der Waals surface area contributed by atoms with E-state index in [1.54, 1.807) is 0 Å². The van der Waals surface area contributed by atoms with Crippen LogP contribution in [0.2, 0.25) is 0 Å². The van der Waals surface area contributed by atoms with Gasteiger partial charge < -0.3 is 32.5 Å². The molecule has 0 saturated carbocycles. The quantitative estimate of drug-likeness (QED) is 0.218. The molecule has 1 rings (SSSR count). The summed E-state index contributed by atoms with van der Waals surface area (Å²) in [5, 5.41) is 16.4. The summed E-state index contributed by atoms with van der Waals surface area (Å²) < 4.78 is 0. The maximum Gasteiger partial charge on any atom is 0.326 e. The zero-order chi connectivity index (χ0) is 22.5. The first-order valence-corrected chi connectivity index (χ1v) is 9.84. The molecule has 0 aliphatic carbocycles. The minimum absolute atomic E-state index is 0.244. The van der Waals surface area contributed by atoms with Gasteiger partial charge >= 0.3 is 5.97 Å². The lowest BCUT2D eigenvalue weighted by Gasteiger charge is -2.19. The highest BCUT2D eigenvalue weighted by Gasteiger charge is 2.24. The van der Waals surface area contributed by atoms with E-state index < -0.39 is 41.8 Å². The molecule has 0 spiro atoms. The van der Waals surface area contributed by atoms with Crippen molar-refractivity contribution < 1.29 is 24.3 Å². The van der Waals surface area contributed by atoms with Crippen LogP contribution in [-0.2, 0) is 25.6 Å². The normalized spacial score (nSPS) is 13.6. The average molecular weight is 421 g/mol. The van der Waals surface area contributed by atoms with E-state index in [9.17, 15) is 24.3 Å². The molecule has 0 fully saturated rings. The molecule has 3 amide bonds. The summed E-state index contributed by atoms with van der Waals surface area (Å²) >= 11 is 0. The van der Waals surface area contributed by atoms with Crippen molar-refractivity contribution in [2.24, 2.45) is 11.5 Å². The van der Waals surface area contributed by atoms with Crippen LogP contribution in [0.4, 0.5) is 0 Å². The molecule has 10 heteroatoms. The summed E-state index contributed by atoms with van der Waals surface area (Å²) in [4.78, 5) is 47.5. The Morgan fingerprint density at radius 3 is 2.30 bits per heavy atom. The van der Waals surface area contributed by atoms with Crippen LogP contribution in [0.3, 0.4) is 0 Å². The van der Waals surface area contributed by atoms with E-state index in [1.807, 2.05) is 30.3 Å². The minimum atomic E-state index is -1.15. The summed E-state index contributed by atoms with van der Waals surface area (Å²) in [5.41, 5.74) is 12.1. The van der Waals surface area contributed by atoms with Gasteiger partial charge in [-0.2, -0.15) is 0 Å². The number of nitrogens with two attached hydrogens (primary N) is 2. The molecular formula is C20H31N5O5. The second-order valence-electron chi connectivity index (χ2n) is 6.99. The summed E-state index contributed by atoms with van der Waals surface area (Å²) in [6, 6.07) is 6.39. The van der Waals surface area contributed by atoms with Crippen molar-refractivity contribution in [3.8, 4) is 0 Å². The number of carbonyl (C=O) groups excluding carboxylic acids is 3. The molecule has 8 N–H and O–H groups in total. The molecule has 3 unspecified atom stereocenters. The van der Waals surface area contributed by atoms with Gasteiger partial charge in [-0.3, -0.25) is 14.4 Å². The number of carboxylic acid groups (broad SMARTS) is 1.